The van der Waals surface area contributed by atoms with E-state index < -0.39 is 16.0 Å². The minimum Gasteiger partial charge on any atom is -0.478 e. The highest BCUT2D eigenvalue weighted by Gasteiger charge is 2.20. The molecule has 0 aliphatic rings. The SMILES string of the molecule is CCS(=O)(=O)N(F)c1ccc(C(=O)O)cc1. The number of nitrogens with zero attached hydrogens (tertiary/aromatic N) is 1. The average molecular weight is 247 g/mol. The molecular weight excluding hydrogens is 237 g/mol. The third-order valence-electron chi connectivity index (χ3n) is 1.93. The predicted octanol–water partition coefficient (Wildman–Crippen LogP) is 1.43. The summed E-state index contributed by atoms with van der Waals surface area (Å²) >= 11 is 0. The van der Waals surface area contributed by atoms with E-state index in [9.17, 15) is 17.7 Å². The van der Waals surface area contributed by atoms with Crippen LogP contribution >= 0.6 is 0 Å². The second-order valence-corrected chi connectivity index (χ2v) is 5.03. The van der Waals surface area contributed by atoms with E-state index >= 15 is 0 Å². The lowest BCUT2D eigenvalue weighted by molar-refractivity contribution is 0.0697. The Kier molecular flexibility index (Phi) is 3.48. The largest absolute Gasteiger partial charge is 0.478 e. The van der Waals surface area contributed by atoms with Crippen LogP contribution in [0.1, 0.15) is 17.3 Å². The average Bonchev–Trinajstić information content (AvgIpc) is 2.28. The summed E-state index contributed by atoms with van der Waals surface area (Å²) in [4.78, 5) is 10.5. The first-order chi connectivity index (χ1) is 7.38. The molecule has 1 aromatic carbocycles. The molecule has 0 unspecified atom stereocenters. The molecule has 16 heavy (non-hydrogen) atoms. The Labute approximate surface area is 92.1 Å². The van der Waals surface area contributed by atoms with Crippen molar-refractivity contribution in [3.63, 3.8) is 0 Å². The van der Waals surface area contributed by atoms with Gasteiger partial charge in [-0.25, -0.2) is 13.2 Å². The van der Waals surface area contributed by atoms with Crippen molar-refractivity contribution in [2.45, 2.75) is 6.92 Å². The molecule has 0 amide bonds. The highest BCUT2D eigenvalue weighted by Crippen LogP contribution is 2.19. The number of carboxylic acid groups (broad SMARTS) is 1. The third-order valence-corrected chi connectivity index (χ3v) is 3.36. The Morgan fingerprint density at radius 1 is 1.38 bits per heavy atom. The number of hydrogen-bond donors (Lipinski definition) is 1. The molecular formula is C9H10FNO4S. The van der Waals surface area contributed by atoms with E-state index in [1.165, 1.54) is 6.92 Å². The van der Waals surface area contributed by atoms with Crippen molar-refractivity contribution in [1.29, 1.82) is 0 Å². The smallest absolute Gasteiger partial charge is 0.335 e. The van der Waals surface area contributed by atoms with Gasteiger partial charge in [-0.15, -0.1) is 4.53 Å². The van der Waals surface area contributed by atoms with Crippen molar-refractivity contribution in [3.8, 4) is 0 Å². The molecule has 88 valence electrons. The number of anilines is 1. The minimum absolute atomic E-state index is 0.0361. The lowest BCUT2D eigenvalue weighted by atomic mass is 10.2. The summed E-state index contributed by atoms with van der Waals surface area (Å²) in [5.74, 6) is -1.53. The fourth-order valence-electron chi connectivity index (χ4n) is 0.995. The molecule has 0 aromatic heterocycles. The van der Waals surface area contributed by atoms with E-state index in [1.54, 1.807) is 0 Å². The molecule has 1 N–H and O–H groups in total. The summed E-state index contributed by atoms with van der Waals surface area (Å²) < 4.78 is 35.3. The monoisotopic (exact) mass is 247 g/mol. The molecule has 0 spiro atoms. The standard InChI is InChI=1S/C9H10FNO4S/c1-2-16(14,15)11(10)8-5-3-7(4-6-8)9(12)13/h3-6H,2H2,1H3,(H,12,13). The Balaban J connectivity index is 3.03. The van der Waals surface area contributed by atoms with Gasteiger partial charge in [0.25, 0.3) is 10.0 Å². The number of benzene rings is 1. The fraction of sp³-hybridized carbons (Fsp3) is 0.222. The summed E-state index contributed by atoms with van der Waals surface area (Å²) in [5, 5.41) is 8.59. The lowest BCUT2D eigenvalue weighted by Crippen LogP contribution is -2.24. The van der Waals surface area contributed by atoms with Gasteiger partial charge in [-0.1, -0.05) is 4.48 Å². The highest BCUT2D eigenvalue weighted by atomic mass is 32.2. The zero-order chi connectivity index (χ0) is 12.3. The molecule has 5 nitrogen and oxygen atoms in total. The van der Waals surface area contributed by atoms with Crippen molar-refractivity contribution in [3.05, 3.63) is 29.8 Å². The summed E-state index contributed by atoms with van der Waals surface area (Å²) in [6.45, 7) is 1.31. The first-order valence-electron chi connectivity index (χ1n) is 4.40. The van der Waals surface area contributed by atoms with Gasteiger partial charge < -0.3 is 5.11 Å². The zero-order valence-electron chi connectivity index (χ0n) is 8.42. The lowest BCUT2D eigenvalue weighted by Gasteiger charge is -2.12. The number of carbonyl (C=O) groups is 1. The van der Waals surface area contributed by atoms with Crippen molar-refractivity contribution in [1.82, 2.24) is 0 Å². The van der Waals surface area contributed by atoms with Crippen LogP contribution in [-0.4, -0.2) is 25.2 Å². The van der Waals surface area contributed by atoms with E-state index in [0.29, 0.717) is 0 Å². The second kappa shape index (κ2) is 4.48. The predicted molar refractivity (Wildman–Crippen MR) is 56.4 cm³/mol. The van der Waals surface area contributed by atoms with Crippen LogP contribution in [0.5, 0.6) is 0 Å². The topological polar surface area (TPSA) is 74.7 Å². The maximum absolute atomic E-state index is 13.3. The van der Waals surface area contributed by atoms with Crippen molar-refractivity contribution < 1.29 is 22.8 Å². The molecule has 1 rings (SSSR count). The van der Waals surface area contributed by atoms with Gasteiger partial charge in [-0.3, -0.25) is 0 Å². The number of carboxylic acids is 1. The Hall–Kier alpha value is -1.63. The van der Waals surface area contributed by atoms with Crippen molar-refractivity contribution >= 4 is 21.7 Å². The van der Waals surface area contributed by atoms with Gasteiger partial charge in [0, 0.05) is 0 Å². The second-order valence-electron chi connectivity index (χ2n) is 2.97. The van der Waals surface area contributed by atoms with Crippen LogP contribution in [0.15, 0.2) is 24.3 Å². The number of sulfonamides is 1. The molecule has 0 aliphatic heterocycles. The van der Waals surface area contributed by atoms with Gasteiger partial charge in [0.05, 0.1) is 17.0 Å². The van der Waals surface area contributed by atoms with Crippen LogP contribution in [0.25, 0.3) is 0 Å². The molecule has 0 saturated heterocycles. The van der Waals surface area contributed by atoms with Gasteiger partial charge in [0.15, 0.2) is 0 Å². The molecule has 0 aliphatic carbocycles. The minimum atomic E-state index is -3.97. The van der Waals surface area contributed by atoms with Gasteiger partial charge in [-0.2, -0.15) is 0 Å². The summed E-state index contributed by atoms with van der Waals surface area (Å²) in [6.07, 6.45) is 0. The number of rotatable bonds is 4. The van der Waals surface area contributed by atoms with Gasteiger partial charge in [0.2, 0.25) is 0 Å². The Bertz CT molecular complexity index is 483. The molecule has 7 heteroatoms. The van der Waals surface area contributed by atoms with Crippen molar-refractivity contribution in [2.24, 2.45) is 0 Å². The molecule has 0 bridgehead atoms. The first kappa shape index (κ1) is 12.4. The van der Waals surface area contributed by atoms with E-state index in [1.807, 2.05) is 0 Å². The Morgan fingerprint density at radius 3 is 2.25 bits per heavy atom. The number of aromatic carboxylic acids is 1. The maximum atomic E-state index is 13.3. The molecule has 0 saturated carbocycles. The van der Waals surface area contributed by atoms with Crippen LogP contribution in [-0.2, 0) is 10.0 Å². The first-order valence-corrected chi connectivity index (χ1v) is 6.01. The highest BCUT2D eigenvalue weighted by molar-refractivity contribution is 7.92. The van der Waals surface area contributed by atoms with Crippen LogP contribution < -0.4 is 4.53 Å². The molecule has 0 atom stereocenters. The van der Waals surface area contributed by atoms with Gasteiger partial charge >= 0.3 is 5.97 Å². The maximum Gasteiger partial charge on any atom is 0.335 e. The Morgan fingerprint density at radius 2 is 1.88 bits per heavy atom. The van der Waals surface area contributed by atoms with Crippen molar-refractivity contribution in [2.75, 3.05) is 10.3 Å². The molecule has 0 fully saturated rings. The quantitative estimate of drug-likeness (QED) is 0.816. The summed E-state index contributed by atoms with van der Waals surface area (Å²) in [5.41, 5.74) is -0.252. The van der Waals surface area contributed by atoms with E-state index in [0.717, 1.165) is 24.3 Å². The van der Waals surface area contributed by atoms with Crippen LogP contribution in [0.4, 0.5) is 10.2 Å². The van der Waals surface area contributed by atoms with E-state index in [4.69, 9.17) is 5.11 Å². The zero-order valence-corrected chi connectivity index (χ0v) is 9.24. The van der Waals surface area contributed by atoms with Crippen LogP contribution in [0.2, 0.25) is 0 Å². The fourth-order valence-corrected chi connectivity index (χ4v) is 1.66. The molecule has 1 aromatic rings. The number of halogens is 1. The summed E-state index contributed by atoms with van der Waals surface area (Å²) in [7, 11) is -3.97. The van der Waals surface area contributed by atoms with Crippen LogP contribution in [0.3, 0.4) is 0 Å². The molecule has 0 radical (unpaired) electrons. The third kappa shape index (κ3) is 2.48. The van der Waals surface area contributed by atoms with Gasteiger partial charge in [-0.05, 0) is 31.2 Å². The van der Waals surface area contributed by atoms with Gasteiger partial charge in [0.1, 0.15) is 0 Å². The van der Waals surface area contributed by atoms with E-state index in [-0.39, 0.29) is 21.5 Å². The number of hydrogen-bond acceptors (Lipinski definition) is 3. The molecule has 0 heterocycles. The van der Waals surface area contributed by atoms with Crippen LogP contribution in [0, 0.1) is 0 Å². The summed E-state index contributed by atoms with van der Waals surface area (Å²) in [6, 6.07) is 4.46. The normalized spacial score (nSPS) is 11.1. The van der Waals surface area contributed by atoms with E-state index in [2.05, 4.69) is 0 Å².